The summed E-state index contributed by atoms with van der Waals surface area (Å²) in [5, 5.41) is 12.6. The molecule has 7 nitrogen and oxygen atoms in total. The van der Waals surface area contributed by atoms with Gasteiger partial charge in [-0.3, -0.25) is 9.48 Å². The van der Waals surface area contributed by atoms with Crippen LogP contribution < -0.4 is 16.0 Å². The van der Waals surface area contributed by atoms with Gasteiger partial charge in [-0.15, -0.1) is 0 Å². The lowest BCUT2D eigenvalue weighted by Crippen LogP contribution is -2.18. The smallest absolute Gasteiger partial charge is 0.383 e. The summed E-state index contributed by atoms with van der Waals surface area (Å²) in [6, 6.07) is 7.70. The number of hydrogen-bond donors (Lipinski definition) is 3. The summed E-state index contributed by atoms with van der Waals surface area (Å²) >= 11 is 0. The van der Waals surface area contributed by atoms with Gasteiger partial charge in [-0.2, -0.15) is 18.3 Å². The van der Waals surface area contributed by atoms with E-state index in [-0.39, 0.29) is 11.7 Å². The molecule has 2 heterocycles. The summed E-state index contributed by atoms with van der Waals surface area (Å²) in [5.41, 5.74) is 1.24. The van der Waals surface area contributed by atoms with E-state index in [1.54, 1.807) is 30.6 Å². The zero-order chi connectivity index (χ0) is 22.6. The molecule has 1 aliphatic rings. The number of hydrogen-bond acceptors (Lipinski definition) is 5. The van der Waals surface area contributed by atoms with Crippen LogP contribution in [-0.4, -0.2) is 21.5 Å². The van der Waals surface area contributed by atoms with Crippen LogP contribution in [0.2, 0.25) is 0 Å². The second-order valence-corrected chi connectivity index (χ2v) is 7.21. The molecule has 0 fully saturated rings. The Morgan fingerprint density at radius 2 is 2.03 bits per heavy atom. The fourth-order valence-corrected chi connectivity index (χ4v) is 2.98. The van der Waals surface area contributed by atoms with Crippen LogP contribution in [0.1, 0.15) is 48.1 Å². The van der Waals surface area contributed by atoms with Crippen molar-refractivity contribution in [1.29, 1.82) is 0 Å². The SMILES string of the molecule is CC1=CN=C(NC=CNC(C)c2cccc(NC(=O)c3cc(C(F)(F)F)n(C)n3)c2)C1. The lowest BCUT2D eigenvalue weighted by molar-refractivity contribution is -0.143. The molecule has 3 rings (SSSR count). The van der Waals surface area contributed by atoms with Gasteiger partial charge in [0.15, 0.2) is 5.69 Å². The summed E-state index contributed by atoms with van der Waals surface area (Å²) in [7, 11) is 1.15. The number of carbonyl (C=O) groups is 1. The first-order valence-corrected chi connectivity index (χ1v) is 9.56. The van der Waals surface area contributed by atoms with E-state index in [9.17, 15) is 18.0 Å². The highest BCUT2D eigenvalue weighted by molar-refractivity contribution is 6.03. The number of anilines is 1. The molecule has 1 atom stereocenters. The number of nitrogens with one attached hydrogen (secondary N) is 3. The number of amides is 1. The maximum Gasteiger partial charge on any atom is 0.433 e. The van der Waals surface area contributed by atoms with Gasteiger partial charge in [0, 0.05) is 49.9 Å². The second kappa shape index (κ2) is 9.07. The summed E-state index contributed by atoms with van der Waals surface area (Å²) in [4.78, 5) is 16.6. The molecule has 1 amide bonds. The van der Waals surface area contributed by atoms with Crippen LogP contribution in [0.15, 0.2) is 59.5 Å². The van der Waals surface area contributed by atoms with E-state index in [4.69, 9.17) is 0 Å². The largest absolute Gasteiger partial charge is 0.433 e. The Kier molecular flexibility index (Phi) is 6.47. The van der Waals surface area contributed by atoms with Gasteiger partial charge in [0.05, 0.1) is 0 Å². The fraction of sp³-hybridized carbons (Fsp3) is 0.286. The van der Waals surface area contributed by atoms with E-state index >= 15 is 0 Å². The molecule has 164 valence electrons. The first kappa shape index (κ1) is 22.1. The van der Waals surface area contributed by atoms with Crippen molar-refractivity contribution in [1.82, 2.24) is 20.4 Å². The number of nitrogens with zero attached hydrogens (tertiary/aromatic N) is 3. The molecule has 0 saturated carbocycles. The average Bonchev–Trinajstić information content (AvgIpc) is 3.30. The zero-order valence-corrected chi connectivity index (χ0v) is 17.3. The molecule has 0 radical (unpaired) electrons. The molecule has 0 bridgehead atoms. The molecule has 1 aliphatic heterocycles. The number of rotatable bonds is 6. The molecular formula is C21H23F3N6O. The highest BCUT2D eigenvalue weighted by Crippen LogP contribution is 2.29. The predicted octanol–water partition coefficient (Wildman–Crippen LogP) is 4.11. The van der Waals surface area contributed by atoms with Crippen LogP contribution in [0, 0.1) is 0 Å². The average molecular weight is 432 g/mol. The second-order valence-electron chi connectivity index (χ2n) is 7.21. The van der Waals surface area contributed by atoms with Crippen molar-refractivity contribution in [2.75, 3.05) is 5.32 Å². The van der Waals surface area contributed by atoms with E-state index in [0.717, 1.165) is 30.9 Å². The van der Waals surface area contributed by atoms with Gasteiger partial charge < -0.3 is 16.0 Å². The van der Waals surface area contributed by atoms with Gasteiger partial charge in [-0.25, -0.2) is 4.99 Å². The molecule has 0 spiro atoms. The lowest BCUT2D eigenvalue weighted by Gasteiger charge is -2.14. The molecular weight excluding hydrogens is 409 g/mol. The van der Waals surface area contributed by atoms with Gasteiger partial charge in [0.1, 0.15) is 11.5 Å². The first-order chi connectivity index (χ1) is 14.6. The maximum atomic E-state index is 12.9. The fourth-order valence-electron chi connectivity index (χ4n) is 2.98. The minimum atomic E-state index is -4.58. The Bertz CT molecular complexity index is 1050. The van der Waals surface area contributed by atoms with Crippen molar-refractivity contribution >= 4 is 17.4 Å². The number of amidine groups is 1. The van der Waals surface area contributed by atoms with Crippen molar-refractivity contribution in [3.63, 3.8) is 0 Å². The zero-order valence-electron chi connectivity index (χ0n) is 17.3. The molecule has 1 unspecified atom stereocenters. The van der Waals surface area contributed by atoms with E-state index in [1.165, 1.54) is 5.57 Å². The number of benzene rings is 1. The van der Waals surface area contributed by atoms with Crippen molar-refractivity contribution in [2.45, 2.75) is 32.5 Å². The summed E-state index contributed by atoms with van der Waals surface area (Å²) in [6.45, 7) is 3.95. The molecule has 10 heteroatoms. The summed E-state index contributed by atoms with van der Waals surface area (Å²) in [6.07, 6.45) is 1.55. The summed E-state index contributed by atoms with van der Waals surface area (Å²) < 4.78 is 39.4. The molecule has 2 aromatic rings. The molecule has 3 N–H and O–H groups in total. The molecule has 1 aromatic heterocycles. The van der Waals surface area contributed by atoms with Crippen molar-refractivity contribution in [3.8, 4) is 0 Å². The minimum Gasteiger partial charge on any atom is -0.383 e. The van der Waals surface area contributed by atoms with E-state index in [1.807, 2.05) is 26.1 Å². The van der Waals surface area contributed by atoms with Gasteiger partial charge >= 0.3 is 6.18 Å². The normalized spacial score (nSPS) is 14.9. The summed E-state index contributed by atoms with van der Waals surface area (Å²) in [5.74, 6) is 0.158. The van der Waals surface area contributed by atoms with Crippen molar-refractivity contribution in [2.24, 2.45) is 12.0 Å². The minimum absolute atomic E-state index is 0.0769. The van der Waals surface area contributed by atoms with E-state index in [2.05, 4.69) is 26.0 Å². The van der Waals surface area contributed by atoms with Crippen LogP contribution in [-0.2, 0) is 13.2 Å². The van der Waals surface area contributed by atoms with Crippen LogP contribution in [0.5, 0.6) is 0 Å². The monoisotopic (exact) mass is 432 g/mol. The third kappa shape index (κ3) is 5.74. The van der Waals surface area contributed by atoms with Crippen LogP contribution >= 0.6 is 0 Å². The van der Waals surface area contributed by atoms with E-state index < -0.39 is 17.8 Å². The Balaban J connectivity index is 1.59. The molecule has 0 saturated heterocycles. The lowest BCUT2D eigenvalue weighted by atomic mass is 10.1. The van der Waals surface area contributed by atoms with Gasteiger partial charge in [-0.1, -0.05) is 12.1 Å². The van der Waals surface area contributed by atoms with Crippen molar-refractivity contribution < 1.29 is 18.0 Å². The van der Waals surface area contributed by atoms with Gasteiger partial charge in [0.25, 0.3) is 5.91 Å². The molecule has 0 aliphatic carbocycles. The number of halogens is 3. The topological polar surface area (TPSA) is 83.3 Å². The highest BCUT2D eigenvalue weighted by atomic mass is 19.4. The third-order valence-electron chi connectivity index (χ3n) is 4.61. The van der Waals surface area contributed by atoms with Crippen LogP contribution in [0.25, 0.3) is 0 Å². The highest BCUT2D eigenvalue weighted by Gasteiger charge is 2.35. The Labute approximate surface area is 177 Å². The van der Waals surface area contributed by atoms with Crippen molar-refractivity contribution in [3.05, 3.63) is 71.5 Å². The van der Waals surface area contributed by atoms with Crippen LogP contribution in [0.4, 0.5) is 18.9 Å². The number of aryl methyl sites for hydroxylation is 1. The number of carbonyl (C=O) groups excluding carboxylic acids is 1. The molecule has 31 heavy (non-hydrogen) atoms. The Hall–Kier alpha value is -3.56. The van der Waals surface area contributed by atoms with Gasteiger partial charge in [0.2, 0.25) is 0 Å². The predicted molar refractivity (Wildman–Crippen MR) is 112 cm³/mol. The van der Waals surface area contributed by atoms with E-state index in [0.29, 0.717) is 10.4 Å². The third-order valence-corrected chi connectivity index (χ3v) is 4.61. The maximum absolute atomic E-state index is 12.9. The van der Waals surface area contributed by atoms with Crippen LogP contribution in [0.3, 0.4) is 0 Å². The number of alkyl halides is 3. The first-order valence-electron chi connectivity index (χ1n) is 9.56. The Morgan fingerprint density at radius 1 is 1.26 bits per heavy atom. The quantitative estimate of drug-likeness (QED) is 0.642. The Morgan fingerprint density at radius 3 is 2.68 bits per heavy atom. The molecule has 1 aromatic carbocycles. The number of aromatic nitrogens is 2. The standard InChI is InChI=1S/C21H23F3N6O/c1-13-9-19(27-12-13)26-8-7-25-14(2)15-5-4-6-16(10-15)28-20(31)17-11-18(21(22,23)24)30(3)29-17/h4-8,10-12,14,25H,9H2,1-3H3,(H,26,27)(H,28,31). The van der Waals surface area contributed by atoms with Gasteiger partial charge in [-0.05, 0) is 37.1 Å². The number of aliphatic imine (C=N–C) groups is 1.